The summed E-state index contributed by atoms with van der Waals surface area (Å²) in [4.78, 5) is 10.1. The van der Waals surface area contributed by atoms with Gasteiger partial charge in [-0.1, -0.05) is 23.3 Å². The van der Waals surface area contributed by atoms with Crippen molar-refractivity contribution in [3.8, 4) is 0 Å². The third kappa shape index (κ3) is 2.64. The van der Waals surface area contributed by atoms with E-state index in [0.29, 0.717) is 6.54 Å². The number of hydrogen-bond donors (Lipinski definition) is 2. The van der Waals surface area contributed by atoms with Gasteiger partial charge >= 0.3 is 0 Å². The van der Waals surface area contributed by atoms with Gasteiger partial charge in [-0.2, -0.15) is 0 Å². The van der Waals surface area contributed by atoms with Gasteiger partial charge in [-0.15, -0.1) is 0 Å². The van der Waals surface area contributed by atoms with Crippen molar-refractivity contribution in [1.29, 1.82) is 0 Å². The molecule has 4 nitrogen and oxygen atoms in total. The van der Waals surface area contributed by atoms with Gasteiger partial charge in [-0.25, -0.2) is 4.98 Å². The Bertz CT molecular complexity index is 797. The van der Waals surface area contributed by atoms with E-state index in [2.05, 4.69) is 39.2 Å². The molecule has 0 atom stereocenters. The van der Waals surface area contributed by atoms with Gasteiger partial charge in [-0.05, 0) is 43.9 Å². The average Bonchev–Trinajstić information content (AvgIpc) is 3.11. The van der Waals surface area contributed by atoms with Crippen molar-refractivity contribution >= 4 is 28.3 Å². The van der Waals surface area contributed by atoms with E-state index in [1.807, 2.05) is 12.4 Å². The maximum Gasteiger partial charge on any atom is 0.139 e. The normalized spacial score (nSPS) is 20.8. The second kappa shape index (κ2) is 6.26. The van der Waals surface area contributed by atoms with Gasteiger partial charge in [0, 0.05) is 53.5 Å². The summed E-state index contributed by atoms with van der Waals surface area (Å²) in [7, 11) is 0. The molecule has 1 fully saturated rings. The van der Waals surface area contributed by atoms with Crippen LogP contribution >= 0.6 is 11.6 Å². The molecule has 0 saturated carbocycles. The second-order valence-electron chi connectivity index (χ2n) is 6.85. The first kappa shape index (κ1) is 15.7. The van der Waals surface area contributed by atoms with Crippen molar-refractivity contribution in [2.24, 2.45) is 11.1 Å². The van der Waals surface area contributed by atoms with Crippen LogP contribution in [0.5, 0.6) is 0 Å². The van der Waals surface area contributed by atoms with E-state index in [9.17, 15) is 0 Å². The van der Waals surface area contributed by atoms with Crippen molar-refractivity contribution < 1.29 is 0 Å². The third-order valence-corrected chi connectivity index (χ3v) is 5.98. The van der Waals surface area contributed by atoms with E-state index in [1.54, 1.807) is 0 Å². The quantitative estimate of drug-likeness (QED) is 0.887. The number of nitrogens with one attached hydrogen (secondary N) is 1. The first-order valence-electron chi connectivity index (χ1n) is 8.65. The molecule has 2 aromatic heterocycles. The van der Waals surface area contributed by atoms with Gasteiger partial charge in [0.05, 0.1) is 0 Å². The molecule has 3 heterocycles. The molecule has 0 radical (unpaired) electrons. The van der Waals surface area contributed by atoms with Crippen LogP contribution in [0.2, 0.25) is 0 Å². The Morgan fingerprint density at radius 1 is 1.21 bits per heavy atom. The summed E-state index contributed by atoms with van der Waals surface area (Å²) < 4.78 is 0. The standard InChI is InChI=1S/C19H23ClN4/c20-15-3-1-14(2-4-15)19(13-21)7-11-24(12-8-19)17-6-10-23-18-16(17)5-9-22-18/h1,3,5-6,9-10H,2,4,7-8,11-13,21H2,(H,22,23). The maximum absolute atomic E-state index is 6.23. The number of hydrogen-bond acceptors (Lipinski definition) is 3. The minimum absolute atomic E-state index is 0.134. The molecule has 0 aromatic carbocycles. The lowest BCUT2D eigenvalue weighted by molar-refractivity contribution is 0.274. The lowest BCUT2D eigenvalue weighted by atomic mass is 9.70. The highest BCUT2D eigenvalue weighted by molar-refractivity contribution is 6.29. The molecular formula is C19H23ClN4. The zero-order valence-corrected chi connectivity index (χ0v) is 14.5. The molecule has 126 valence electrons. The van der Waals surface area contributed by atoms with Crippen LogP contribution in [0.1, 0.15) is 25.7 Å². The molecule has 1 aliphatic heterocycles. The zero-order chi connectivity index (χ0) is 16.6. The molecule has 1 saturated heterocycles. The fourth-order valence-corrected chi connectivity index (χ4v) is 4.27. The van der Waals surface area contributed by atoms with Gasteiger partial charge in [-0.3, -0.25) is 0 Å². The van der Waals surface area contributed by atoms with E-state index < -0.39 is 0 Å². The van der Waals surface area contributed by atoms with Gasteiger partial charge in [0.1, 0.15) is 5.65 Å². The first-order chi connectivity index (χ1) is 11.7. The predicted octanol–water partition coefficient (Wildman–Crippen LogP) is 3.95. The number of fused-ring (bicyclic) bond motifs is 1. The van der Waals surface area contributed by atoms with Crippen molar-refractivity contribution in [2.45, 2.75) is 25.7 Å². The van der Waals surface area contributed by atoms with Crippen LogP contribution in [0.3, 0.4) is 0 Å². The molecule has 0 amide bonds. The van der Waals surface area contributed by atoms with E-state index in [4.69, 9.17) is 17.3 Å². The Kier molecular flexibility index (Phi) is 4.10. The number of allylic oxidation sites excluding steroid dienone is 3. The Morgan fingerprint density at radius 2 is 2.04 bits per heavy atom. The fourth-order valence-electron chi connectivity index (χ4n) is 4.11. The lowest BCUT2D eigenvalue weighted by Gasteiger charge is -2.44. The van der Waals surface area contributed by atoms with Gasteiger partial charge in [0.15, 0.2) is 0 Å². The molecular weight excluding hydrogens is 320 g/mol. The largest absolute Gasteiger partial charge is 0.371 e. The van der Waals surface area contributed by atoms with E-state index in [1.165, 1.54) is 16.6 Å². The summed E-state index contributed by atoms with van der Waals surface area (Å²) in [5.41, 5.74) is 10.1. The molecule has 1 aliphatic carbocycles. The number of rotatable bonds is 3. The molecule has 2 aromatic rings. The Morgan fingerprint density at radius 3 is 2.75 bits per heavy atom. The summed E-state index contributed by atoms with van der Waals surface area (Å²) in [6.45, 7) is 2.76. The third-order valence-electron chi connectivity index (χ3n) is 5.67. The van der Waals surface area contributed by atoms with Crippen LogP contribution in [-0.4, -0.2) is 29.6 Å². The fraction of sp³-hybridized carbons (Fsp3) is 0.421. The minimum Gasteiger partial charge on any atom is -0.371 e. The summed E-state index contributed by atoms with van der Waals surface area (Å²) in [5.74, 6) is 0. The van der Waals surface area contributed by atoms with Crippen molar-refractivity contribution in [3.05, 3.63) is 47.3 Å². The molecule has 2 aliphatic rings. The molecule has 0 unspecified atom stereocenters. The number of halogens is 1. The predicted molar refractivity (Wildman–Crippen MR) is 100 cm³/mol. The van der Waals surface area contributed by atoms with Gasteiger partial charge < -0.3 is 15.6 Å². The number of nitrogens with zero attached hydrogens (tertiary/aromatic N) is 2. The highest BCUT2D eigenvalue weighted by Gasteiger charge is 2.37. The van der Waals surface area contributed by atoms with Crippen LogP contribution in [0.15, 0.2) is 47.3 Å². The van der Waals surface area contributed by atoms with Crippen LogP contribution < -0.4 is 10.6 Å². The molecule has 5 heteroatoms. The summed E-state index contributed by atoms with van der Waals surface area (Å²) in [6.07, 6.45) is 12.3. The smallest absolute Gasteiger partial charge is 0.139 e. The number of aromatic nitrogens is 2. The number of H-pyrrole nitrogens is 1. The van der Waals surface area contributed by atoms with Crippen molar-refractivity contribution in [2.75, 3.05) is 24.5 Å². The van der Waals surface area contributed by atoms with Gasteiger partial charge in [0.2, 0.25) is 0 Å². The summed E-state index contributed by atoms with van der Waals surface area (Å²) in [5, 5.41) is 2.15. The monoisotopic (exact) mass is 342 g/mol. The number of anilines is 1. The topological polar surface area (TPSA) is 57.9 Å². The molecule has 4 rings (SSSR count). The summed E-state index contributed by atoms with van der Waals surface area (Å²) >= 11 is 6.13. The average molecular weight is 343 g/mol. The van der Waals surface area contributed by atoms with Crippen LogP contribution in [0, 0.1) is 5.41 Å². The van der Waals surface area contributed by atoms with E-state index in [0.717, 1.165) is 49.5 Å². The molecule has 0 spiro atoms. The van der Waals surface area contributed by atoms with Gasteiger partial charge in [0.25, 0.3) is 0 Å². The number of pyridine rings is 1. The number of nitrogens with two attached hydrogens (primary N) is 1. The lowest BCUT2D eigenvalue weighted by Crippen LogP contribution is -2.45. The number of aromatic amines is 1. The Balaban J connectivity index is 1.56. The molecule has 3 N–H and O–H groups in total. The van der Waals surface area contributed by atoms with Crippen LogP contribution in [0.4, 0.5) is 5.69 Å². The second-order valence-corrected chi connectivity index (χ2v) is 7.33. The van der Waals surface area contributed by atoms with E-state index in [-0.39, 0.29) is 5.41 Å². The minimum atomic E-state index is 0.134. The Labute approximate surface area is 147 Å². The highest BCUT2D eigenvalue weighted by Crippen LogP contribution is 2.43. The molecule has 0 bridgehead atoms. The van der Waals surface area contributed by atoms with E-state index >= 15 is 0 Å². The van der Waals surface area contributed by atoms with Crippen LogP contribution in [0.25, 0.3) is 11.0 Å². The molecule has 24 heavy (non-hydrogen) atoms. The zero-order valence-electron chi connectivity index (χ0n) is 13.8. The first-order valence-corrected chi connectivity index (χ1v) is 9.02. The Hall–Kier alpha value is -1.78. The summed E-state index contributed by atoms with van der Waals surface area (Å²) in [6, 6.07) is 4.23. The number of piperidine rings is 1. The van der Waals surface area contributed by atoms with Crippen molar-refractivity contribution in [3.63, 3.8) is 0 Å². The maximum atomic E-state index is 6.23. The SMILES string of the molecule is NCC1(C2=CC=C(Cl)CC2)CCN(c2ccnc3[nH]ccc23)CC1. The van der Waals surface area contributed by atoms with Crippen LogP contribution in [-0.2, 0) is 0 Å². The van der Waals surface area contributed by atoms with Crippen molar-refractivity contribution in [1.82, 2.24) is 9.97 Å². The highest BCUT2D eigenvalue weighted by atomic mass is 35.5.